The SMILES string of the molecule is COc1cc(C=C2C(=O)OC(C)(C(C)(C)C)OC2=O)ccc1OCc1ccccc1Cl. The fourth-order valence-corrected chi connectivity index (χ4v) is 3.01. The summed E-state index contributed by atoms with van der Waals surface area (Å²) in [4.78, 5) is 25.0. The van der Waals surface area contributed by atoms with Gasteiger partial charge in [-0.15, -0.1) is 0 Å². The number of esters is 2. The zero-order chi connectivity index (χ0) is 22.8. The maximum Gasteiger partial charge on any atom is 0.348 e. The number of cyclic esters (lactones) is 2. The third-order valence-corrected chi connectivity index (χ3v) is 5.59. The summed E-state index contributed by atoms with van der Waals surface area (Å²) >= 11 is 6.17. The van der Waals surface area contributed by atoms with Crippen LogP contribution in [0.25, 0.3) is 6.08 Å². The number of halogens is 1. The number of ether oxygens (including phenoxy) is 4. The monoisotopic (exact) mass is 444 g/mol. The van der Waals surface area contributed by atoms with Gasteiger partial charge in [-0.3, -0.25) is 0 Å². The summed E-state index contributed by atoms with van der Waals surface area (Å²) in [6, 6.07) is 12.5. The number of carbonyl (C=O) groups excluding carboxylic acids is 2. The highest BCUT2D eigenvalue weighted by Gasteiger charge is 2.50. The maximum atomic E-state index is 12.5. The molecule has 0 saturated carbocycles. The van der Waals surface area contributed by atoms with Gasteiger partial charge in [0.25, 0.3) is 5.79 Å². The molecule has 0 amide bonds. The topological polar surface area (TPSA) is 71.1 Å². The molecule has 31 heavy (non-hydrogen) atoms. The van der Waals surface area contributed by atoms with Crippen LogP contribution in [0.4, 0.5) is 0 Å². The van der Waals surface area contributed by atoms with E-state index in [9.17, 15) is 9.59 Å². The van der Waals surface area contributed by atoms with E-state index >= 15 is 0 Å². The fourth-order valence-electron chi connectivity index (χ4n) is 2.82. The summed E-state index contributed by atoms with van der Waals surface area (Å²) in [5.41, 5.74) is 0.638. The minimum absolute atomic E-state index is 0.187. The molecular weight excluding hydrogens is 420 g/mol. The lowest BCUT2D eigenvalue weighted by molar-refractivity contribution is -0.261. The second-order valence-corrected chi connectivity index (χ2v) is 8.73. The van der Waals surface area contributed by atoms with Crippen LogP contribution in [0.2, 0.25) is 5.02 Å². The largest absolute Gasteiger partial charge is 0.493 e. The van der Waals surface area contributed by atoms with E-state index in [0.717, 1.165) is 5.56 Å². The first-order valence-electron chi connectivity index (χ1n) is 9.77. The molecule has 0 aromatic heterocycles. The Bertz CT molecular complexity index is 1010. The average molecular weight is 445 g/mol. The fraction of sp³-hybridized carbons (Fsp3) is 0.333. The van der Waals surface area contributed by atoms with Crippen molar-refractivity contribution in [2.45, 2.75) is 40.1 Å². The van der Waals surface area contributed by atoms with E-state index in [1.807, 2.05) is 39.0 Å². The van der Waals surface area contributed by atoms with Crippen molar-refractivity contribution in [3.8, 4) is 11.5 Å². The molecule has 0 atom stereocenters. The van der Waals surface area contributed by atoms with Crippen LogP contribution in [0.1, 0.15) is 38.8 Å². The molecule has 0 bridgehead atoms. The van der Waals surface area contributed by atoms with E-state index in [2.05, 4.69) is 0 Å². The summed E-state index contributed by atoms with van der Waals surface area (Å²) in [7, 11) is 1.51. The van der Waals surface area contributed by atoms with Crippen LogP contribution in [0.15, 0.2) is 48.0 Å². The molecule has 164 valence electrons. The van der Waals surface area contributed by atoms with Crippen molar-refractivity contribution in [2.75, 3.05) is 7.11 Å². The van der Waals surface area contributed by atoms with Gasteiger partial charge in [-0.25, -0.2) is 9.59 Å². The molecule has 0 radical (unpaired) electrons. The van der Waals surface area contributed by atoms with Crippen molar-refractivity contribution < 1.29 is 28.5 Å². The van der Waals surface area contributed by atoms with Gasteiger partial charge in [0.1, 0.15) is 12.2 Å². The van der Waals surface area contributed by atoms with Gasteiger partial charge < -0.3 is 18.9 Å². The van der Waals surface area contributed by atoms with Gasteiger partial charge in [0.05, 0.1) is 7.11 Å². The molecule has 2 aromatic rings. The third kappa shape index (κ3) is 4.85. The van der Waals surface area contributed by atoms with Crippen LogP contribution in [0.5, 0.6) is 11.5 Å². The minimum Gasteiger partial charge on any atom is -0.493 e. The summed E-state index contributed by atoms with van der Waals surface area (Å²) in [5, 5.41) is 0.611. The van der Waals surface area contributed by atoms with Crippen LogP contribution in [-0.2, 0) is 25.7 Å². The molecular formula is C24H25ClO6. The maximum absolute atomic E-state index is 12.5. The number of methoxy groups -OCH3 is 1. The van der Waals surface area contributed by atoms with Gasteiger partial charge in [0, 0.05) is 22.9 Å². The van der Waals surface area contributed by atoms with Crippen LogP contribution >= 0.6 is 11.6 Å². The van der Waals surface area contributed by atoms with E-state index in [0.29, 0.717) is 22.1 Å². The van der Waals surface area contributed by atoms with Crippen molar-refractivity contribution >= 4 is 29.6 Å². The van der Waals surface area contributed by atoms with Gasteiger partial charge in [0.15, 0.2) is 11.5 Å². The highest BCUT2D eigenvalue weighted by atomic mass is 35.5. The molecule has 1 heterocycles. The van der Waals surface area contributed by atoms with Gasteiger partial charge in [-0.1, -0.05) is 56.6 Å². The van der Waals surface area contributed by atoms with Crippen molar-refractivity contribution in [1.82, 2.24) is 0 Å². The van der Waals surface area contributed by atoms with Crippen LogP contribution < -0.4 is 9.47 Å². The Balaban J connectivity index is 1.81. The first kappa shape index (κ1) is 22.7. The third-order valence-electron chi connectivity index (χ3n) is 5.22. The number of benzene rings is 2. The molecule has 3 rings (SSSR count). The van der Waals surface area contributed by atoms with E-state index in [-0.39, 0.29) is 12.2 Å². The summed E-state index contributed by atoms with van der Waals surface area (Å²) in [5.74, 6) is -1.86. The molecule has 1 saturated heterocycles. The number of hydrogen-bond donors (Lipinski definition) is 0. The zero-order valence-corrected chi connectivity index (χ0v) is 18.9. The van der Waals surface area contributed by atoms with E-state index in [4.69, 9.17) is 30.5 Å². The predicted octanol–water partition coefficient (Wildman–Crippen LogP) is 5.17. The second-order valence-electron chi connectivity index (χ2n) is 8.32. The first-order chi connectivity index (χ1) is 14.5. The van der Waals surface area contributed by atoms with Crippen LogP contribution in [0.3, 0.4) is 0 Å². The molecule has 0 unspecified atom stereocenters. The van der Waals surface area contributed by atoms with Crippen LogP contribution in [-0.4, -0.2) is 24.8 Å². The zero-order valence-electron chi connectivity index (χ0n) is 18.2. The smallest absolute Gasteiger partial charge is 0.348 e. The summed E-state index contributed by atoms with van der Waals surface area (Å²) in [6.45, 7) is 7.33. The van der Waals surface area contributed by atoms with E-state index in [1.54, 1.807) is 31.2 Å². The Hall–Kier alpha value is -2.99. The average Bonchev–Trinajstić information content (AvgIpc) is 2.69. The molecule has 7 heteroatoms. The summed E-state index contributed by atoms with van der Waals surface area (Å²) < 4.78 is 22.1. The molecule has 6 nitrogen and oxygen atoms in total. The predicted molar refractivity (Wildman–Crippen MR) is 117 cm³/mol. The van der Waals surface area contributed by atoms with Crippen molar-refractivity contribution in [3.63, 3.8) is 0 Å². The Morgan fingerprint density at radius 2 is 1.68 bits per heavy atom. The molecule has 1 fully saturated rings. The van der Waals surface area contributed by atoms with E-state index < -0.39 is 23.1 Å². The van der Waals surface area contributed by atoms with Crippen molar-refractivity contribution in [1.29, 1.82) is 0 Å². The number of carbonyl (C=O) groups is 2. The second kappa shape index (κ2) is 8.63. The van der Waals surface area contributed by atoms with E-state index in [1.165, 1.54) is 13.2 Å². The minimum atomic E-state index is -1.34. The molecule has 1 aliphatic heterocycles. The lowest BCUT2D eigenvalue weighted by atomic mass is 9.85. The number of hydrogen-bond acceptors (Lipinski definition) is 6. The molecule has 0 aliphatic carbocycles. The van der Waals surface area contributed by atoms with Gasteiger partial charge >= 0.3 is 11.9 Å². The first-order valence-corrected chi connectivity index (χ1v) is 10.1. The lowest BCUT2D eigenvalue weighted by Gasteiger charge is -2.42. The molecule has 2 aromatic carbocycles. The molecule has 0 N–H and O–H groups in total. The summed E-state index contributed by atoms with van der Waals surface area (Å²) in [6.07, 6.45) is 1.41. The Morgan fingerprint density at radius 1 is 1.03 bits per heavy atom. The van der Waals surface area contributed by atoms with Crippen molar-refractivity contribution in [2.24, 2.45) is 5.41 Å². The Kier molecular flexibility index (Phi) is 6.32. The standard InChI is InChI=1S/C24H25ClO6/c1-23(2,3)24(4)30-21(26)17(22(27)31-24)12-15-10-11-19(20(13-15)28-5)29-14-16-8-6-7-9-18(16)25/h6-13H,14H2,1-5H3. The Labute approximate surface area is 186 Å². The Morgan fingerprint density at radius 3 is 2.26 bits per heavy atom. The van der Waals surface area contributed by atoms with Gasteiger partial charge in [-0.05, 0) is 29.8 Å². The molecule has 1 aliphatic rings. The molecule has 0 spiro atoms. The van der Waals surface area contributed by atoms with Gasteiger partial charge in [0.2, 0.25) is 0 Å². The highest BCUT2D eigenvalue weighted by molar-refractivity contribution is 6.31. The quantitative estimate of drug-likeness (QED) is 0.360. The van der Waals surface area contributed by atoms with Gasteiger partial charge in [-0.2, -0.15) is 0 Å². The van der Waals surface area contributed by atoms with Crippen LogP contribution in [0, 0.1) is 5.41 Å². The highest BCUT2D eigenvalue weighted by Crippen LogP contribution is 2.39. The van der Waals surface area contributed by atoms with Crippen molar-refractivity contribution in [3.05, 3.63) is 64.2 Å². The normalized spacial score (nSPS) is 18.8. The number of rotatable bonds is 5. The lowest BCUT2D eigenvalue weighted by Crippen LogP contribution is -2.52.